The van der Waals surface area contributed by atoms with Gasteiger partial charge in [-0.05, 0) is 35.8 Å². The molecule has 160 valence electrons. The Labute approximate surface area is 179 Å². The predicted octanol–water partition coefficient (Wildman–Crippen LogP) is 1.69. The molecular formula is C21H20FN5O3S. The lowest BCUT2D eigenvalue weighted by atomic mass is 9.71. The van der Waals surface area contributed by atoms with Gasteiger partial charge >= 0.3 is 0 Å². The molecule has 31 heavy (non-hydrogen) atoms. The largest absolute Gasteiger partial charge is 0.460 e. The Balaban J connectivity index is 1.61. The molecule has 2 aromatic rings. The molecule has 2 heterocycles. The van der Waals surface area contributed by atoms with Crippen LogP contribution in [0.25, 0.3) is 11.9 Å². The van der Waals surface area contributed by atoms with Crippen LogP contribution in [-0.4, -0.2) is 47.6 Å². The quantitative estimate of drug-likeness (QED) is 0.723. The maximum atomic E-state index is 14.7. The number of ether oxygens (including phenoxy) is 1. The number of rotatable bonds is 4. The van der Waals surface area contributed by atoms with Crippen molar-refractivity contribution in [2.45, 2.75) is 25.0 Å². The van der Waals surface area contributed by atoms with Crippen molar-refractivity contribution in [2.75, 3.05) is 12.8 Å². The highest BCUT2D eigenvalue weighted by atomic mass is 32.2. The minimum absolute atomic E-state index is 0.0299. The molecule has 0 saturated carbocycles. The van der Waals surface area contributed by atoms with Crippen LogP contribution in [0.4, 0.5) is 4.39 Å². The van der Waals surface area contributed by atoms with Crippen molar-refractivity contribution < 1.29 is 17.5 Å². The number of fused-ring (bicyclic) bond motifs is 2. The lowest BCUT2D eigenvalue weighted by Gasteiger charge is -2.44. The SMILES string of the molecule is C#C[C@H](C)Oc1cnc(/C(F)=C/c2ccc3c(c2)[C@]2(C3)CS(=O)(=O)N(C)C(N)=N2)cn1. The van der Waals surface area contributed by atoms with Gasteiger partial charge in [-0.3, -0.25) is 0 Å². The van der Waals surface area contributed by atoms with Crippen LogP contribution >= 0.6 is 0 Å². The fourth-order valence-corrected chi connectivity index (χ4v) is 5.05. The zero-order valence-corrected chi connectivity index (χ0v) is 17.7. The van der Waals surface area contributed by atoms with Crippen molar-refractivity contribution in [2.24, 2.45) is 10.7 Å². The predicted molar refractivity (Wildman–Crippen MR) is 115 cm³/mol. The first-order valence-electron chi connectivity index (χ1n) is 9.41. The summed E-state index contributed by atoms with van der Waals surface area (Å²) in [5, 5.41) is 0. The molecule has 0 bridgehead atoms. The fraction of sp³-hybridized carbons (Fsp3) is 0.286. The van der Waals surface area contributed by atoms with Crippen LogP contribution in [0.15, 0.2) is 35.6 Å². The van der Waals surface area contributed by atoms with Crippen LogP contribution in [0, 0.1) is 12.3 Å². The van der Waals surface area contributed by atoms with Crippen molar-refractivity contribution in [1.29, 1.82) is 0 Å². The maximum absolute atomic E-state index is 14.7. The number of hydrogen-bond donors (Lipinski definition) is 1. The number of terminal acetylenes is 1. The third-order valence-corrected chi connectivity index (χ3v) is 7.17. The first kappa shape index (κ1) is 20.8. The number of guanidine groups is 1. The number of nitrogens with zero attached hydrogens (tertiary/aromatic N) is 4. The van der Waals surface area contributed by atoms with E-state index in [-0.39, 0.29) is 23.3 Å². The molecule has 1 spiro atoms. The molecule has 0 unspecified atom stereocenters. The van der Waals surface area contributed by atoms with Crippen molar-refractivity contribution in [3.05, 3.63) is 53.0 Å². The molecule has 10 heteroatoms. The Morgan fingerprint density at radius 1 is 1.42 bits per heavy atom. The number of halogens is 1. The molecule has 0 radical (unpaired) electrons. The fourth-order valence-electron chi connectivity index (χ4n) is 3.60. The highest BCUT2D eigenvalue weighted by Gasteiger charge is 2.50. The van der Waals surface area contributed by atoms with Crippen LogP contribution in [0.2, 0.25) is 0 Å². The number of aromatic nitrogens is 2. The monoisotopic (exact) mass is 441 g/mol. The Kier molecular flexibility index (Phi) is 4.94. The summed E-state index contributed by atoms with van der Waals surface area (Å²) in [6.45, 7) is 1.68. The van der Waals surface area contributed by atoms with E-state index < -0.39 is 27.5 Å². The van der Waals surface area contributed by atoms with E-state index in [1.807, 2.05) is 6.07 Å². The van der Waals surface area contributed by atoms with Crippen LogP contribution in [-0.2, 0) is 22.0 Å². The van der Waals surface area contributed by atoms with Gasteiger partial charge in [0.1, 0.15) is 11.2 Å². The summed E-state index contributed by atoms with van der Waals surface area (Å²) < 4.78 is 45.9. The van der Waals surface area contributed by atoms with E-state index in [9.17, 15) is 12.8 Å². The second-order valence-corrected chi connectivity index (χ2v) is 9.48. The third-order valence-electron chi connectivity index (χ3n) is 5.31. The number of benzene rings is 1. The van der Waals surface area contributed by atoms with Gasteiger partial charge in [0.2, 0.25) is 21.9 Å². The van der Waals surface area contributed by atoms with Gasteiger partial charge in [-0.2, -0.15) is 0 Å². The minimum Gasteiger partial charge on any atom is -0.460 e. The molecule has 8 nitrogen and oxygen atoms in total. The summed E-state index contributed by atoms with van der Waals surface area (Å²) in [4.78, 5) is 12.5. The molecule has 0 fully saturated rings. The Hall–Kier alpha value is -3.45. The summed E-state index contributed by atoms with van der Waals surface area (Å²) in [5.41, 5.74) is 7.16. The molecule has 0 saturated heterocycles. The van der Waals surface area contributed by atoms with Crippen molar-refractivity contribution >= 4 is 27.9 Å². The van der Waals surface area contributed by atoms with Crippen LogP contribution < -0.4 is 10.5 Å². The molecule has 2 atom stereocenters. The molecule has 4 rings (SSSR count). The Morgan fingerprint density at radius 3 is 2.84 bits per heavy atom. The summed E-state index contributed by atoms with van der Waals surface area (Å²) in [6.07, 6.45) is 9.09. The van der Waals surface area contributed by atoms with Gasteiger partial charge < -0.3 is 10.5 Å². The van der Waals surface area contributed by atoms with Crippen LogP contribution in [0.5, 0.6) is 5.88 Å². The molecule has 2 N–H and O–H groups in total. The standard InChI is InChI=1S/C21H20FN5O3S/c1-4-13(2)30-19-11-24-18(10-25-19)17(22)8-14-5-6-15-9-21(16(15)7-14)12-31(28,29)27(3)20(23)26-21/h1,5-8,10-11,13H,9,12H2,2-3H3,(H2,23,26)/b17-8-/t13-,21-/m0/s1. The van der Waals surface area contributed by atoms with E-state index >= 15 is 0 Å². The van der Waals surface area contributed by atoms with Crippen molar-refractivity contribution in [1.82, 2.24) is 14.3 Å². The minimum atomic E-state index is -3.57. The summed E-state index contributed by atoms with van der Waals surface area (Å²) >= 11 is 0. The molecule has 1 aromatic heterocycles. The average molecular weight is 441 g/mol. The zero-order valence-electron chi connectivity index (χ0n) is 16.9. The summed E-state index contributed by atoms with van der Waals surface area (Å²) in [6, 6.07) is 5.32. The molecule has 1 aliphatic carbocycles. The van der Waals surface area contributed by atoms with Crippen molar-refractivity contribution in [3.8, 4) is 18.2 Å². The van der Waals surface area contributed by atoms with E-state index in [0.717, 1.165) is 15.4 Å². The van der Waals surface area contributed by atoms with Crippen molar-refractivity contribution in [3.63, 3.8) is 0 Å². The number of sulfonamides is 1. The molecule has 1 aromatic carbocycles. The Morgan fingerprint density at radius 2 is 2.19 bits per heavy atom. The molecule has 1 aliphatic heterocycles. The van der Waals surface area contributed by atoms with Crippen LogP contribution in [0.1, 0.15) is 29.3 Å². The van der Waals surface area contributed by atoms with E-state index in [2.05, 4.69) is 20.9 Å². The van der Waals surface area contributed by atoms with Gasteiger partial charge in [0, 0.05) is 13.5 Å². The van der Waals surface area contributed by atoms with Gasteiger partial charge in [0.05, 0.1) is 18.1 Å². The van der Waals surface area contributed by atoms with Gasteiger partial charge in [-0.1, -0.05) is 18.1 Å². The highest BCUT2D eigenvalue weighted by Crippen LogP contribution is 2.46. The molecule has 0 amide bonds. The molecular weight excluding hydrogens is 421 g/mol. The van der Waals surface area contributed by atoms with Gasteiger partial charge in [-0.25, -0.2) is 32.1 Å². The summed E-state index contributed by atoms with van der Waals surface area (Å²) in [7, 11) is -2.20. The number of aliphatic imine (C=N–C) groups is 1. The second-order valence-electron chi connectivity index (χ2n) is 7.48. The van der Waals surface area contributed by atoms with E-state index in [1.54, 1.807) is 19.1 Å². The Bertz CT molecular complexity index is 1250. The van der Waals surface area contributed by atoms with E-state index in [1.165, 1.54) is 25.5 Å². The van der Waals surface area contributed by atoms with Gasteiger partial charge in [0.15, 0.2) is 11.9 Å². The van der Waals surface area contributed by atoms with E-state index in [4.69, 9.17) is 16.9 Å². The van der Waals surface area contributed by atoms with E-state index in [0.29, 0.717) is 12.0 Å². The lowest BCUT2D eigenvalue weighted by molar-refractivity contribution is 0.266. The average Bonchev–Trinajstić information content (AvgIpc) is 2.72. The first-order valence-corrected chi connectivity index (χ1v) is 11.0. The second kappa shape index (κ2) is 7.35. The highest BCUT2D eigenvalue weighted by molar-refractivity contribution is 7.89. The smallest absolute Gasteiger partial charge is 0.239 e. The summed E-state index contributed by atoms with van der Waals surface area (Å²) in [5.74, 6) is 1.77. The van der Waals surface area contributed by atoms with Gasteiger partial charge in [0.25, 0.3) is 0 Å². The third kappa shape index (κ3) is 3.72. The first-order chi connectivity index (χ1) is 14.6. The van der Waals surface area contributed by atoms with Crippen LogP contribution in [0.3, 0.4) is 0 Å². The topological polar surface area (TPSA) is 111 Å². The lowest BCUT2D eigenvalue weighted by Crippen LogP contribution is -2.55. The number of hydrogen-bond acceptors (Lipinski definition) is 7. The maximum Gasteiger partial charge on any atom is 0.239 e. The number of nitrogens with two attached hydrogens (primary N) is 1. The normalized spacial score (nSPS) is 22.7. The molecule has 2 aliphatic rings. The zero-order chi connectivity index (χ0) is 22.4. The van der Waals surface area contributed by atoms with Gasteiger partial charge in [-0.15, -0.1) is 6.42 Å².